The summed E-state index contributed by atoms with van der Waals surface area (Å²) < 4.78 is 0. The van der Waals surface area contributed by atoms with Gasteiger partial charge in [-0.3, -0.25) is 14.5 Å². The molecule has 1 aliphatic heterocycles. The van der Waals surface area contributed by atoms with E-state index in [-0.39, 0.29) is 5.41 Å². The zero-order chi connectivity index (χ0) is 23.8. The van der Waals surface area contributed by atoms with E-state index in [4.69, 9.17) is 23.2 Å². The standard InChI is InChI=1S/C24H27Cl2N3O3/c1-14(18-11-10-17(25)12-19(18)26)27-20(30)13-29-21(31)24(5,28-22(29)32)16-8-6-15(7-9-16)23(2,3)4/h6-12,14H,13H2,1-5H3,(H,27,30)(H,28,32). The lowest BCUT2D eigenvalue weighted by molar-refractivity contribution is -0.135. The second kappa shape index (κ2) is 8.75. The molecular formula is C24H27Cl2N3O3. The van der Waals surface area contributed by atoms with Crippen molar-refractivity contribution in [1.82, 2.24) is 15.5 Å². The maximum Gasteiger partial charge on any atom is 0.325 e. The molecule has 2 aromatic rings. The van der Waals surface area contributed by atoms with Gasteiger partial charge in [0.15, 0.2) is 0 Å². The fourth-order valence-electron chi connectivity index (χ4n) is 3.70. The zero-order valence-electron chi connectivity index (χ0n) is 18.8. The van der Waals surface area contributed by atoms with Gasteiger partial charge < -0.3 is 10.6 Å². The Morgan fingerprint density at radius 2 is 1.75 bits per heavy atom. The summed E-state index contributed by atoms with van der Waals surface area (Å²) in [6, 6.07) is 11.5. The van der Waals surface area contributed by atoms with E-state index in [0.717, 1.165) is 10.5 Å². The van der Waals surface area contributed by atoms with Gasteiger partial charge in [-0.25, -0.2) is 4.79 Å². The first-order valence-electron chi connectivity index (χ1n) is 10.3. The Balaban J connectivity index is 1.72. The molecule has 1 heterocycles. The quantitative estimate of drug-likeness (QED) is 0.601. The molecular weight excluding hydrogens is 449 g/mol. The predicted octanol–water partition coefficient (Wildman–Crippen LogP) is 4.94. The van der Waals surface area contributed by atoms with Gasteiger partial charge in [0, 0.05) is 10.0 Å². The van der Waals surface area contributed by atoms with Crippen LogP contribution in [0.15, 0.2) is 42.5 Å². The van der Waals surface area contributed by atoms with Crippen LogP contribution >= 0.6 is 23.2 Å². The van der Waals surface area contributed by atoms with Crippen molar-refractivity contribution in [3.8, 4) is 0 Å². The van der Waals surface area contributed by atoms with Gasteiger partial charge >= 0.3 is 6.03 Å². The minimum Gasteiger partial charge on any atom is -0.348 e. The van der Waals surface area contributed by atoms with Crippen LogP contribution in [-0.4, -0.2) is 29.3 Å². The van der Waals surface area contributed by atoms with Crippen LogP contribution in [0.2, 0.25) is 10.0 Å². The highest BCUT2D eigenvalue weighted by Crippen LogP contribution is 2.31. The van der Waals surface area contributed by atoms with Crippen LogP contribution in [-0.2, 0) is 20.5 Å². The number of carbonyl (C=O) groups excluding carboxylic acids is 3. The normalized spacial score (nSPS) is 19.7. The molecule has 0 saturated carbocycles. The largest absolute Gasteiger partial charge is 0.348 e. The third-order valence-electron chi connectivity index (χ3n) is 5.71. The summed E-state index contributed by atoms with van der Waals surface area (Å²) in [6.07, 6.45) is 0. The average Bonchev–Trinajstić information content (AvgIpc) is 2.91. The molecule has 0 radical (unpaired) electrons. The van der Waals surface area contributed by atoms with E-state index in [1.54, 1.807) is 32.0 Å². The van der Waals surface area contributed by atoms with Crippen molar-refractivity contribution in [2.24, 2.45) is 0 Å². The van der Waals surface area contributed by atoms with Crippen LogP contribution in [0, 0.1) is 0 Å². The van der Waals surface area contributed by atoms with Crippen molar-refractivity contribution in [2.45, 2.75) is 51.6 Å². The minimum atomic E-state index is -1.24. The number of hydrogen-bond acceptors (Lipinski definition) is 3. The number of imide groups is 1. The molecule has 0 aromatic heterocycles. The lowest BCUT2D eigenvalue weighted by Crippen LogP contribution is -2.43. The molecule has 3 rings (SSSR count). The molecule has 32 heavy (non-hydrogen) atoms. The van der Waals surface area contributed by atoms with Crippen molar-refractivity contribution in [3.05, 3.63) is 69.2 Å². The number of benzene rings is 2. The molecule has 170 valence electrons. The fraction of sp³-hybridized carbons (Fsp3) is 0.375. The molecule has 2 atom stereocenters. The molecule has 0 bridgehead atoms. The van der Waals surface area contributed by atoms with Gasteiger partial charge in [0.05, 0.1) is 6.04 Å². The van der Waals surface area contributed by atoms with E-state index in [0.29, 0.717) is 21.2 Å². The van der Waals surface area contributed by atoms with Crippen molar-refractivity contribution in [2.75, 3.05) is 6.54 Å². The first-order chi connectivity index (χ1) is 14.8. The topological polar surface area (TPSA) is 78.5 Å². The number of nitrogens with one attached hydrogen (secondary N) is 2. The summed E-state index contributed by atoms with van der Waals surface area (Å²) in [5.74, 6) is -0.947. The number of rotatable bonds is 5. The van der Waals surface area contributed by atoms with E-state index < -0.39 is 36.0 Å². The monoisotopic (exact) mass is 475 g/mol. The minimum absolute atomic E-state index is 0.0316. The van der Waals surface area contributed by atoms with E-state index >= 15 is 0 Å². The van der Waals surface area contributed by atoms with Gasteiger partial charge in [-0.05, 0) is 48.1 Å². The van der Waals surface area contributed by atoms with Crippen LogP contribution in [0.4, 0.5) is 4.79 Å². The van der Waals surface area contributed by atoms with Gasteiger partial charge in [0.1, 0.15) is 12.1 Å². The summed E-state index contributed by atoms with van der Waals surface area (Å²) in [5.41, 5.74) is 1.20. The van der Waals surface area contributed by atoms with Crippen molar-refractivity contribution >= 4 is 41.0 Å². The molecule has 4 amide bonds. The first kappa shape index (κ1) is 24.1. The van der Waals surface area contributed by atoms with E-state index in [1.807, 2.05) is 24.3 Å². The Bertz CT molecular complexity index is 1060. The number of urea groups is 1. The highest BCUT2D eigenvalue weighted by Gasteiger charge is 2.49. The fourth-order valence-corrected chi connectivity index (χ4v) is 4.27. The lowest BCUT2D eigenvalue weighted by atomic mass is 9.84. The van der Waals surface area contributed by atoms with Crippen LogP contribution in [0.1, 0.15) is 57.4 Å². The number of hydrogen-bond donors (Lipinski definition) is 2. The Kier molecular flexibility index (Phi) is 6.59. The number of carbonyl (C=O) groups is 3. The molecule has 0 aliphatic carbocycles. The van der Waals surface area contributed by atoms with Crippen molar-refractivity contribution in [1.29, 1.82) is 0 Å². The van der Waals surface area contributed by atoms with Crippen molar-refractivity contribution < 1.29 is 14.4 Å². The maximum atomic E-state index is 13.1. The van der Waals surface area contributed by atoms with E-state index in [1.165, 1.54) is 0 Å². The van der Waals surface area contributed by atoms with Crippen molar-refractivity contribution in [3.63, 3.8) is 0 Å². The van der Waals surface area contributed by atoms with Crippen LogP contribution in [0.25, 0.3) is 0 Å². The molecule has 8 heteroatoms. The Labute approximate surface area is 198 Å². The summed E-state index contributed by atoms with van der Waals surface area (Å²) >= 11 is 12.1. The predicted molar refractivity (Wildman–Crippen MR) is 126 cm³/mol. The smallest absolute Gasteiger partial charge is 0.325 e. The summed E-state index contributed by atoms with van der Waals surface area (Å²) in [7, 11) is 0. The first-order valence-corrected chi connectivity index (χ1v) is 11.1. The Morgan fingerprint density at radius 3 is 2.31 bits per heavy atom. The SMILES string of the molecule is CC(NC(=O)CN1C(=O)NC(C)(c2ccc(C(C)(C)C)cc2)C1=O)c1ccc(Cl)cc1Cl. The van der Waals surface area contributed by atoms with Gasteiger partial charge in [-0.2, -0.15) is 0 Å². The second-order valence-electron chi connectivity index (χ2n) is 9.23. The highest BCUT2D eigenvalue weighted by molar-refractivity contribution is 6.35. The van der Waals surface area contributed by atoms with Gasteiger partial charge in [-0.15, -0.1) is 0 Å². The molecule has 2 aromatic carbocycles. The molecule has 0 spiro atoms. The zero-order valence-corrected chi connectivity index (χ0v) is 20.3. The number of amides is 4. The maximum absolute atomic E-state index is 13.1. The number of nitrogens with zero attached hydrogens (tertiary/aromatic N) is 1. The molecule has 6 nitrogen and oxygen atoms in total. The molecule has 2 N–H and O–H groups in total. The molecule has 1 saturated heterocycles. The number of halogens is 2. The van der Waals surface area contributed by atoms with Gasteiger partial charge in [0.2, 0.25) is 5.91 Å². The van der Waals surface area contributed by atoms with Crippen LogP contribution < -0.4 is 10.6 Å². The second-order valence-corrected chi connectivity index (χ2v) is 10.1. The molecule has 1 fully saturated rings. The van der Waals surface area contributed by atoms with E-state index in [2.05, 4.69) is 31.4 Å². The molecule has 2 unspecified atom stereocenters. The van der Waals surface area contributed by atoms with Gasteiger partial charge in [-0.1, -0.05) is 74.3 Å². The summed E-state index contributed by atoms with van der Waals surface area (Å²) in [5, 5.41) is 6.42. The third kappa shape index (κ3) is 4.76. The molecule has 1 aliphatic rings. The Morgan fingerprint density at radius 1 is 1.12 bits per heavy atom. The summed E-state index contributed by atoms with van der Waals surface area (Å²) in [6.45, 7) is 9.32. The average molecular weight is 476 g/mol. The Hall–Kier alpha value is -2.57. The summed E-state index contributed by atoms with van der Waals surface area (Å²) in [4.78, 5) is 39.2. The van der Waals surface area contributed by atoms with Crippen LogP contribution in [0.5, 0.6) is 0 Å². The highest BCUT2D eigenvalue weighted by atomic mass is 35.5. The van der Waals surface area contributed by atoms with E-state index in [9.17, 15) is 14.4 Å². The van der Waals surface area contributed by atoms with Gasteiger partial charge in [0.25, 0.3) is 5.91 Å². The van der Waals surface area contributed by atoms with Crippen LogP contribution in [0.3, 0.4) is 0 Å². The lowest BCUT2D eigenvalue weighted by Gasteiger charge is -2.24. The third-order valence-corrected chi connectivity index (χ3v) is 6.27.